The van der Waals surface area contributed by atoms with Gasteiger partial charge in [0.2, 0.25) is 35.4 Å². The number of alkyl carbamates (subject to hydrolysis) is 1. The van der Waals surface area contributed by atoms with Gasteiger partial charge < -0.3 is 62.3 Å². The van der Waals surface area contributed by atoms with Crippen LogP contribution in [0, 0.1) is 12.8 Å². The van der Waals surface area contributed by atoms with E-state index in [2.05, 4.69) is 47.2 Å². The van der Waals surface area contributed by atoms with Crippen molar-refractivity contribution in [2.24, 2.45) is 11.7 Å². The monoisotopic (exact) mass is 1120 g/mol. The Labute approximate surface area is 476 Å². The van der Waals surface area contributed by atoms with E-state index < -0.39 is 83.9 Å². The highest BCUT2D eigenvalue weighted by molar-refractivity contribution is 5.99. The summed E-state index contributed by atoms with van der Waals surface area (Å²) in [5.41, 5.74) is 11.2. The number of amides is 7. The second kappa shape index (κ2) is 28.2. The number of benzene rings is 4. The van der Waals surface area contributed by atoms with Crippen molar-refractivity contribution in [1.82, 2.24) is 52.1 Å². The second-order valence-electron chi connectivity index (χ2n) is 21.4. The summed E-state index contributed by atoms with van der Waals surface area (Å²) in [5.74, 6) is -3.52. The van der Waals surface area contributed by atoms with Gasteiger partial charge in [0, 0.05) is 68.3 Å². The van der Waals surface area contributed by atoms with Crippen molar-refractivity contribution >= 4 is 52.4 Å². The maximum atomic E-state index is 15.4. The lowest BCUT2D eigenvalue weighted by Crippen LogP contribution is -2.62. The lowest BCUT2D eigenvalue weighted by atomic mass is 9.90. The summed E-state index contributed by atoms with van der Waals surface area (Å²) in [5, 5.41) is 21.7. The largest absolute Gasteiger partial charge is 0.489 e. The number of rotatable bonds is 17. The Morgan fingerprint density at radius 3 is 2.01 bits per heavy atom. The number of aromatic amines is 1. The van der Waals surface area contributed by atoms with Crippen molar-refractivity contribution in [3.63, 3.8) is 0 Å². The molecule has 3 aliphatic heterocycles. The number of aryl methyl sites for hydroxylation is 2. The molecule has 5 heterocycles. The van der Waals surface area contributed by atoms with Crippen molar-refractivity contribution in [2.45, 2.75) is 114 Å². The number of carbonyl (C=O) groups is 7. The van der Waals surface area contributed by atoms with Crippen molar-refractivity contribution in [2.75, 3.05) is 32.7 Å². The van der Waals surface area contributed by atoms with Crippen molar-refractivity contribution < 1.29 is 43.0 Å². The Morgan fingerprint density at radius 1 is 0.671 bits per heavy atom. The number of hydrogen-bond donors (Lipinski definition) is 9. The number of nitrogens with zero attached hydrogens (tertiary/aromatic N) is 2. The number of piperidine rings is 1. The van der Waals surface area contributed by atoms with E-state index in [-0.39, 0.29) is 64.1 Å². The summed E-state index contributed by atoms with van der Waals surface area (Å²) in [6.07, 6.45) is 4.88. The molecule has 3 fully saturated rings. The summed E-state index contributed by atoms with van der Waals surface area (Å²) in [6, 6.07) is 27.8. The van der Waals surface area contributed by atoms with Crippen LogP contribution in [-0.2, 0) is 65.8 Å². The van der Waals surface area contributed by atoms with Crippen LogP contribution in [0.25, 0.3) is 10.9 Å². The van der Waals surface area contributed by atoms with Crippen LogP contribution in [0.3, 0.4) is 0 Å². The fourth-order valence-electron chi connectivity index (χ4n) is 11.1. The van der Waals surface area contributed by atoms with Crippen molar-refractivity contribution in [3.8, 4) is 5.75 Å². The average Bonchev–Trinajstić information content (AvgIpc) is 4.34. The number of carbonyl (C=O) groups excluding carboxylic acids is 7. The maximum Gasteiger partial charge on any atom is 0.407 e. The van der Waals surface area contributed by atoms with Crippen LogP contribution in [0.5, 0.6) is 5.75 Å². The summed E-state index contributed by atoms with van der Waals surface area (Å²) in [4.78, 5) is 113. The minimum absolute atomic E-state index is 0.00202. The number of nitrogens with two attached hydrogens (primary N) is 1. The zero-order valence-electron chi connectivity index (χ0n) is 46.1. The summed E-state index contributed by atoms with van der Waals surface area (Å²) < 4.78 is 11.9. The van der Waals surface area contributed by atoms with E-state index in [1.165, 1.54) is 4.90 Å². The Kier molecular flexibility index (Phi) is 20.0. The number of ether oxygens (including phenoxy) is 2. The third-order valence-electron chi connectivity index (χ3n) is 15.5. The van der Waals surface area contributed by atoms with E-state index in [4.69, 9.17) is 15.2 Å². The Balaban J connectivity index is 1.11. The highest BCUT2D eigenvalue weighted by Crippen LogP contribution is 2.27. The molecule has 0 unspecified atom stereocenters. The first-order chi connectivity index (χ1) is 39.9. The van der Waals surface area contributed by atoms with E-state index in [1.807, 2.05) is 85.8 Å². The van der Waals surface area contributed by atoms with Gasteiger partial charge in [-0.25, -0.2) is 4.79 Å². The maximum absolute atomic E-state index is 15.4. The first-order valence-corrected chi connectivity index (χ1v) is 28.3. The minimum Gasteiger partial charge on any atom is -0.489 e. The van der Waals surface area contributed by atoms with Gasteiger partial charge in [-0.15, -0.1) is 0 Å². The molecule has 9 rings (SSSR count). The molecule has 430 valence electrons. The lowest BCUT2D eigenvalue weighted by molar-refractivity contribution is -0.143. The van der Waals surface area contributed by atoms with E-state index in [9.17, 15) is 4.79 Å². The average molecular weight is 1120 g/mol. The molecule has 20 heteroatoms. The molecule has 3 saturated heterocycles. The summed E-state index contributed by atoms with van der Waals surface area (Å²) >= 11 is 0. The number of aromatic nitrogens is 2. The zero-order chi connectivity index (χ0) is 57.4. The molecule has 0 saturated carbocycles. The molecule has 3 aliphatic rings. The molecular formula is C62H73N11O9. The van der Waals surface area contributed by atoms with Gasteiger partial charge in [-0.2, -0.15) is 0 Å². The molecule has 0 aliphatic carbocycles. The Morgan fingerprint density at radius 2 is 1.30 bits per heavy atom. The molecule has 0 spiro atoms. The molecule has 7 amide bonds. The van der Waals surface area contributed by atoms with Gasteiger partial charge in [0.1, 0.15) is 54.7 Å². The second-order valence-corrected chi connectivity index (χ2v) is 21.4. The predicted molar refractivity (Wildman–Crippen MR) is 308 cm³/mol. The van der Waals surface area contributed by atoms with Gasteiger partial charge in [0.25, 0.3) is 0 Å². The smallest absolute Gasteiger partial charge is 0.407 e. The van der Waals surface area contributed by atoms with Crippen LogP contribution in [0.2, 0.25) is 0 Å². The normalized spacial score (nSPS) is 22.4. The molecule has 4 aromatic carbocycles. The highest BCUT2D eigenvalue weighted by Gasteiger charge is 2.45. The molecule has 2 aromatic heterocycles. The number of H-pyrrole nitrogens is 1. The number of nitrogens with one attached hydrogen (secondary N) is 8. The van der Waals surface area contributed by atoms with Crippen molar-refractivity contribution in [3.05, 3.63) is 167 Å². The fourth-order valence-corrected chi connectivity index (χ4v) is 11.1. The zero-order valence-corrected chi connectivity index (χ0v) is 46.1. The van der Waals surface area contributed by atoms with Gasteiger partial charge in [-0.05, 0) is 116 Å². The molecule has 0 radical (unpaired) electrons. The van der Waals surface area contributed by atoms with Gasteiger partial charge >= 0.3 is 6.09 Å². The van der Waals surface area contributed by atoms with Crippen molar-refractivity contribution in [1.29, 1.82) is 0 Å². The third-order valence-corrected chi connectivity index (χ3v) is 15.5. The summed E-state index contributed by atoms with van der Waals surface area (Å²) in [7, 11) is 0. The molecule has 6 aromatic rings. The first kappa shape index (κ1) is 58.0. The van der Waals surface area contributed by atoms with E-state index in [1.54, 1.807) is 55.0 Å². The molecule has 10 N–H and O–H groups in total. The minimum atomic E-state index is -1.36. The Bertz CT molecular complexity index is 3140. The lowest BCUT2D eigenvalue weighted by Gasteiger charge is -2.32. The SMILES string of the molecule is Cc1cccc2[nH]cc(C[C@H]3NC(=O)[C@H](CCc4ccccc4)NC(=O)[C@@H]4C[C@@H](OC(=O)NCCN)CN4C(=O)[C@H](Cc4cccnc4)NC(=O)[C@H](Cc4ccc(OCc5ccccc5)cc4)NC(=O)[C@H](CC4CCNCC4)NC3=O)c12. The van der Waals surface area contributed by atoms with Gasteiger partial charge in [-0.3, -0.25) is 33.8 Å². The quantitative estimate of drug-likeness (QED) is 0.0634. The van der Waals surface area contributed by atoms with Gasteiger partial charge in [-0.1, -0.05) is 91.0 Å². The van der Waals surface area contributed by atoms with Crippen LogP contribution >= 0.6 is 0 Å². The van der Waals surface area contributed by atoms with Crippen LogP contribution in [0.1, 0.15) is 65.5 Å². The van der Waals surface area contributed by atoms with Crippen LogP contribution in [0.4, 0.5) is 4.79 Å². The standard InChI is InChI=1S/C62H73N11O9/c1-39-10-8-16-48-55(39)45(36-67-48)33-52-59(77)70-51(31-42-23-27-64-28-24-42)57(75)69-50(30-41-17-20-46(21-18-41)81-38-43-13-6-3-7-14-43)58(76)72-53(32-44-15-9-26-65-35-44)61(79)73-37-47(82-62(80)66-29-25-63)34-54(73)60(78)68-49(56(74)71-52)22-19-40-11-4-2-5-12-40/h2-18,20-21,26,35-36,42,47,49-54,64,67H,19,22-25,27-34,37-38,63H2,1H3,(H,66,80)(H,68,78)(H,69,75)(H,70,77)(H,71,74)(H,72,76)/t47-,49+,50+,51+,52-,53+,54+/m1/s1. The molecular weight excluding hydrogens is 1040 g/mol. The third kappa shape index (κ3) is 15.6. The topological polar surface area (TPSA) is 280 Å². The number of hydrogen-bond acceptors (Lipinski definition) is 12. The Hall–Kier alpha value is -8.62. The van der Waals surface area contributed by atoms with Crippen LogP contribution < -0.4 is 47.7 Å². The molecule has 82 heavy (non-hydrogen) atoms. The fraction of sp³-hybridized carbons (Fsp3) is 0.387. The van der Waals surface area contributed by atoms with Gasteiger partial charge in [0.15, 0.2) is 0 Å². The molecule has 20 nitrogen and oxygen atoms in total. The predicted octanol–water partition coefficient (Wildman–Crippen LogP) is 3.59. The molecule has 0 bridgehead atoms. The first-order valence-electron chi connectivity index (χ1n) is 28.3. The van der Waals surface area contributed by atoms with E-state index >= 15 is 28.8 Å². The summed E-state index contributed by atoms with van der Waals surface area (Å²) in [6.45, 7) is 3.68. The number of pyridine rings is 1. The molecule has 7 atom stereocenters. The highest BCUT2D eigenvalue weighted by atomic mass is 16.6. The van der Waals surface area contributed by atoms with Crippen LogP contribution in [0.15, 0.2) is 134 Å². The van der Waals surface area contributed by atoms with E-state index in [0.29, 0.717) is 43.0 Å². The van der Waals surface area contributed by atoms with Gasteiger partial charge in [0.05, 0.1) is 6.54 Å². The number of fused-ring (bicyclic) bond motifs is 2. The van der Waals surface area contributed by atoms with Crippen LogP contribution in [-0.4, -0.2) is 131 Å². The van der Waals surface area contributed by atoms with E-state index in [0.717, 1.165) is 46.0 Å².